The van der Waals surface area contributed by atoms with E-state index in [0.29, 0.717) is 6.42 Å². The first-order valence-corrected chi connectivity index (χ1v) is 6.46. The number of nitrogens with two attached hydrogens (primary N) is 1. The molecule has 0 aromatic carbocycles. The Morgan fingerprint density at radius 3 is 2.50 bits per heavy atom. The molecule has 1 atom stereocenters. The zero-order chi connectivity index (χ0) is 12.8. The van der Waals surface area contributed by atoms with E-state index in [2.05, 4.69) is 5.32 Å². The van der Waals surface area contributed by atoms with E-state index < -0.39 is 17.6 Å². The minimum absolute atomic E-state index is 0.117. The summed E-state index contributed by atoms with van der Waals surface area (Å²) in [5, 5.41) is 11.3. The molecule has 0 saturated heterocycles. The highest BCUT2D eigenvalue weighted by Crippen LogP contribution is 2.09. The summed E-state index contributed by atoms with van der Waals surface area (Å²) in [6, 6.07) is -0.569. The lowest BCUT2D eigenvalue weighted by atomic mass is 10.00. The molecule has 0 aliphatic carbocycles. The third-order valence-corrected chi connectivity index (χ3v) is 2.67. The zero-order valence-electron chi connectivity index (χ0n) is 9.95. The second kappa shape index (κ2) is 6.75. The summed E-state index contributed by atoms with van der Waals surface area (Å²) in [5.74, 6) is -0.420. The lowest BCUT2D eigenvalue weighted by molar-refractivity contribution is -0.138. The van der Waals surface area contributed by atoms with Crippen LogP contribution in [0.1, 0.15) is 26.7 Å². The number of carboxylic acids is 1. The van der Waals surface area contributed by atoms with Crippen LogP contribution in [0.15, 0.2) is 0 Å². The van der Waals surface area contributed by atoms with E-state index in [1.165, 1.54) is 0 Å². The van der Waals surface area contributed by atoms with Gasteiger partial charge in [0.1, 0.15) is 0 Å². The van der Waals surface area contributed by atoms with Crippen LogP contribution in [-0.4, -0.2) is 40.6 Å². The van der Waals surface area contributed by atoms with Crippen molar-refractivity contribution < 1.29 is 14.7 Å². The smallest absolute Gasteiger partial charge is 0.305 e. The van der Waals surface area contributed by atoms with E-state index in [0.717, 1.165) is 5.75 Å². The molecule has 0 spiro atoms. The van der Waals surface area contributed by atoms with Gasteiger partial charge in [0, 0.05) is 5.54 Å². The molecule has 0 aromatic heterocycles. The Hall–Kier alpha value is -0.750. The monoisotopic (exact) mass is 248 g/mol. The summed E-state index contributed by atoms with van der Waals surface area (Å²) in [7, 11) is 0. The number of carbonyl (C=O) groups is 2. The number of carbonyl (C=O) groups excluding carboxylic acids is 1. The Kier molecular flexibility index (Phi) is 6.43. The minimum Gasteiger partial charge on any atom is -0.481 e. The fourth-order valence-corrected chi connectivity index (χ4v) is 1.71. The Bertz CT molecular complexity index is 256. The Morgan fingerprint density at radius 1 is 1.50 bits per heavy atom. The van der Waals surface area contributed by atoms with E-state index in [9.17, 15) is 9.59 Å². The largest absolute Gasteiger partial charge is 0.481 e. The molecule has 6 heteroatoms. The quantitative estimate of drug-likeness (QED) is 0.608. The van der Waals surface area contributed by atoms with Crippen molar-refractivity contribution in [1.82, 2.24) is 5.32 Å². The summed E-state index contributed by atoms with van der Waals surface area (Å²) in [6.45, 7) is 3.33. The molecule has 0 aliphatic rings. The van der Waals surface area contributed by atoms with Crippen molar-refractivity contribution in [3.63, 3.8) is 0 Å². The average molecular weight is 248 g/mol. The van der Waals surface area contributed by atoms with Crippen LogP contribution in [0.25, 0.3) is 0 Å². The van der Waals surface area contributed by atoms with Crippen LogP contribution < -0.4 is 11.1 Å². The number of nitrogens with one attached hydrogen (secondary N) is 1. The summed E-state index contributed by atoms with van der Waals surface area (Å²) >= 11 is 1.62. The fraction of sp³-hybridized carbons (Fsp3) is 0.800. The Labute approximate surface area is 100 Å². The summed E-state index contributed by atoms with van der Waals surface area (Å²) in [5.41, 5.74) is 4.90. The number of hydrogen-bond donors (Lipinski definition) is 3. The van der Waals surface area contributed by atoms with Crippen LogP contribution in [0.4, 0.5) is 0 Å². The highest BCUT2D eigenvalue weighted by atomic mass is 32.2. The molecule has 5 nitrogen and oxygen atoms in total. The number of rotatable bonds is 7. The maximum atomic E-state index is 11.6. The van der Waals surface area contributed by atoms with Crippen molar-refractivity contribution in [2.45, 2.75) is 38.3 Å². The molecule has 0 radical (unpaired) electrons. The van der Waals surface area contributed by atoms with Crippen LogP contribution in [0.5, 0.6) is 0 Å². The molecule has 0 rings (SSSR count). The SMILES string of the molecule is CSCC[C@@H](N)C(=O)NC(C)(C)CC(=O)O. The van der Waals surface area contributed by atoms with E-state index in [1.807, 2.05) is 6.26 Å². The van der Waals surface area contributed by atoms with E-state index >= 15 is 0 Å². The third-order valence-electron chi connectivity index (χ3n) is 2.02. The molecule has 4 N–H and O–H groups in total. The molecule has 1 amide bonds. The van der Waals surface area contributed by atoms with Gasteiger partial charge in [-0.1, -0.05) is 0 Å². The van der Waals surface area contributed by atoms with Gasteiger partial charge >= 0.3 is 5.97 Å². The molecule has 0 heterocycles. The van der Waals surface area contributed by atoms with Crippen LogP contribution in [0.2, 0.25) is 0 Å². The van der Waals surface area contributed by atoms with Crippen LogP contribution in [-0.2, 0) is 9.59 Å². The number of hydrogen-bond acceptors (Lipinski definition) is 4. The normalized spacial score (nSPS) is 13.2. The van der Waals surface area contributed by atoms with Crippen LogP contribution in [0.3, 0.4) is 0 Å². The molecular formula is C10H20N2O3S. The first kappa shape index (κ1) is 15.2. The summed E-state index contributed by atoms with van der Waals surface area (Å²) < 4.78 is 0. The van der Waals surface area contributed by atoms with Crippen molar-refractivity contribution in [3.8, 4) is 0 Å². The number of aliphatic carboxylic acids is 1. The van der Waals surface area contributed by atoms with Gasteiger partial charge in [-0.2, -0.15) is 11.8 Å². The standard InChI is InChI=1S/C10H20N2O3S/c1-10(2,6-8(13)14)12-9(15)7(11)4-5-16-3/h7H,4-6,11H2,1-3H3,(H,12,15)(H,13,14)/t7-/m1/s1. The second-order valence-electron chi connectivity index (χ2n) is 4.33. The lowest BCUT2D eigenvalue weighted by Gasteiger charge is -2.26. The number of thioether (sulfide) groups is 1. The molecule has 94 valence electrons. The Morgan fingerprint density at radius 2 is 2.06 bits per heavy atom. The van der Waals surface area contributed by atoms with Crippen molar-refractivity contribution in [2.75, 3.05) is 12.0 Å². The van der Waals surface area contributed by atoms with Gasteiger partial charge in [0.15, 0.2) is 0 Å². The van der Waals surface area contributed by atoms with E-state index in [4.69, 9.17) is 10.8 Å². The predicted octanol–water partition coefficient (Wildman–Crippen LogP) is 0.436. The molecule has 0 fully saturated rings. The van der Waals surface area contributed by atoms with E-state index in [1.54, 1.807) is 25.6 Å². The molecule has 0 aromatic rings. The highest BCUT2D eigenvalue weighted by molar-refractivity contribution is 7.98. The van der Waals surface area contributed by atoms with Gasteiger partial charge in [-0.3, -0.25) is 9.59 Å². The van der Waals surface area contributed by atoms with Gasteiger partial charge < -0.3 is 16.2 Å². The van der Waals surface area contributed by atoms with Gasteiger partial charge in [0.05, 0.1) is 12.5 Å². The van der Waals surface area contributed by atoms with Gasteiger partial charge in [-0.25, -0.2) is 0 Å². The maximum Gasteiger partial charge on any atom is 0.305 e. The second-order valence-corrected chi connectivity index (χ2v) is 5.32. The van der Waals surface area contributed by atoms with Crippen LogP contribution >= 0.6 is 11.8 Å². The van der Waals surface area contributed by atoms with Crippen molar-refractivity contribution in [2.24, 2.45) is 5.73 Å². The predicted molar refractivity (Wildman–Crippen MR) is 65.4 cm³/mol. The molecule has 0 saturated carbocycles. The van der Waals surface area contributed by atoms with Crippen molar-refractivity contribution >= 4 is 23.6 Å². The number of amides is 1. The van der Waals surface area contributed by atoms with Gasteiger partial charge in [-0.15, -0.1) is 0 Å². The van der Waals surface area contributed by atoms with Gasteiger partial charge in [-0.05, 0) is 32.3 Å². The topological polar surface area (TPSA) is 92.4 Å². The Balaban J connectivity index is 4.15. The van der Waals surface area contributed by atoms with Crippen LogP contribution in [0, 0.1) is 0 Å². The molecule has 16 heavy (non-hydrogen) atoms. The summed E-state index contributed by atoms with van der Waals surface area (Å²) in [6.07, 6.45) is 2.42. The zero-order valence-corrected chi connectivity index (χ0v) is 10.8. The lowest BCUT2D eigenvalue weighted by Crippen LogP contribution is -2.51. The maximum absolute atomic E-state index is 11.6. The van der Waals surface area contributed by atoms with Gasteiger partial charge in [0.2, 0.25) is 5.91 Å². The molecule has 0 aliphatic heterocycles. The van der Waals surface area contributed by atoms with Gasteiger partial charge in [0.25, 0.3) is 0 Å². The molecule has 0 bridgehead atoms. The average Bonchev–Trinajstić information content (AvgIpc) is 2.10. The highest BCUT2D eigenvalue weighted by Gasteiger charge is 2.26. The molecular weight excluding hydrogens is 228 g/mol. The first-order valence-electron chi connectivity index (χ1n) is 5.07. The number of carboxylic acid groups (broad SMARTS) is 1. The third kappa shape index (κ3) is 6.68. The molecule has 0 unspecified atom stereocenters. The summed E-state index contributed by atoms with van der Waals surface area (Å²) in [4.78, 5) is 22.2. The fourth-order valence-electron chi connectivity index (χ4n) is 1.22. The van der Waals surface area contributed by atoms with E-state index in [-0.39, 0.29) is 12.3 Å². The first-order chi connectivity index (χ1) is 7.28. The van der Waals surface area contributed by atoms with Crippen molar-refractivity contribution in [1.29, 1.82) is 0 Å². The van der Waals surface area contributed by atoms with Crippen molar-refractivity contribution in [3.05, 3.63) is 0 Å². The minimum atomic E-state index is -0.942.